The van der Waals surface area contributed by atoms with Crippen molar-refractivity contribution in [2.75, 3.05) is 13.7 Å². The van der Waals surface area contributed by atoms with E-state index in [0.717, 1.165) is 11.3 Å². The maximum atomic E-state index is 12.3. The molecule has 0 aliphatic heterocycles. The highest BCUT2D eigenvalue weighted by atomic mass is 16.5. The van der Waals surface area contributed by atoms with E-state index in [4.69, 9.17) is 9.84 Å². The maximum absolute atomic E-state index is 12.3. The Morgan fingerprint density at radius 3 is 2.33 bits per heavy atom. The number of carbonyl (C=O) groups excluding carboxylic acids is 1. The van der Waals surface area contributed by atoms with Crippen LogP contribution in [0.25, 0.3) is 0 Å². The second-order valence-corrected chi connectivity index (χ2v) is 5.40. The molecule has 21 heavy (non-hydrogen) atoms. The molecular weight excluding hydrogens is 270 g/mol. The molecule has 114 valence electrons. The highest BCUT2D eigenvalue weighted by Crippen LogP contribution is 2.35. The smallest absolute Gasteiger partial charge is 0.307 e. The molecule has 2 unspecified atom stereocenters. The number of nitrogens with zero attached hydrogens (tertiary/aromatic N) is 1. The largest absolute Gasteiger partial charge is 0.494 e. The van der Waals surface area contributed by atoms with E-state index in [2.05, 4.69) is 0 Å². The summed E-state index contributed by atoms with van der Waals surface area (Å²) in [4.78, 5) is 24.9. The van der Waals surface area contributed by atoms with E-state index < -0.39 is 11.9 Å². The monoisotopic (exact) mass is 291 g/mol. The summed E-state index contributed by atoms with van der Waals surface area (Å²) in [6, 6.07) is 7.59. The zero-order valence-corrected chi connectivity index (χ0v) is 12.4. The third-order valence-corrected chi connectivity index (χ3v) is 3.94. The number of hydrogen-bond donors (Lipinski definition) is 1. The topological polar surface area (TPSA) is 66.8 Å². The molecule has 1 N–H and O–H groups in total. The molecule has 1 aromatic rings. The summed E-state index contributed by atoms with van der Waals surface area (Å²) >= 11 is 0. The minimum absolute atomic E-state index is 0.0810. The molecule has 5 nitrogen and oxygen atoms in total. The van der Waals surface area contributed by atoms with E-state index >= 15 is 0 Å². The average molecular weight is 291 g/mol. The summed E-state index contributed by atoms with van der Waals surface area (Å²) in [5.41, 5.74) is 1.00. The lowest BCUT2D eigenvalue weighted by Gasteiger charge is -2.35. The molecule has 1 aromatic carbocycles. The van der Waals surface area contributed by atoms with Crippen LogP contribution in [0.4, 0.5) is 0 Å². The lowest BCUT2D eigenvalue weighted by molar-refractivity contribution is -0.156. The molecule has 1 saturated carbocycles. The van der Waals surface area contributed by atoms with E-state index in [1.165, 1.54) is 0 Å². The van der Waals surface area contributed by atoms with Crippen molar-refractivity contribution in [2.24, 2.45) is 11.8 Å². The predicted molar refractivity (Wildman–Crippen MR) is 77.9 cm³/mol. The molecule has 5 heteroatoms. The first-order chi connectivity index (χ1) is 10.0. The molecule has 1 fully saturated rings. The number of benzene rings is 1. The molecule has 2 atom stereocenters. The number of carbonyl (C=O) groups is 2. The Morgan fingerprint density at radius 2 is 1.86 bits per heavy atom. The van der Waals surface area contributed by atoms with Crippen molar-refractivity contribution >= 4 is 11.9 Å². The molecule has 2 rings (SSSR count). The molecule has 0 spiro atoms. The van der Waals surface area contributed by atoms with E-state index in [9.17, 15) is 9.59 Å². The van der Waals surface area contributed by atoms with Crippen LogP contribution in [0.1, 0.15) is 25.3 Å². The second-order valence-electron chi connectivity index (χ2n) is 5.40. The van der Waals surface area contributed by atoms with Crippen molar-refractivity contribution in [3.8, 4) is 5.75 Å². The second kappa shape index (κ2) is 6.61. The van der Waals surface area contributed by atoms with Crippen LogP contribution in [-0.4, -0.2) is 35.5 Å². The number of hydrogen-bond acceptors (Lipinski definition) is 3. The van der Waals surface area contributed by atoms with Gasteiger partial charge in [0.1, 0.15) is 5.75 Å². The SMILES string of the molecule is CCOc1ccc(CN(C)C(=O)C2CCC2C(=O)O)cc1. The van der Waals surface area contributed by atoms with Crippen molar-refractivity contribution < 1.29 is 19.4 Å². The van der Waals surface area contributed by atoms with Gasteiger partial charge in [0.2, 0.25) is 5.91 Å². The van der Waals surface area contributed by atoms with Gasteiger partial charge in [0.05, 0.1) is 18.4 Å². The summed E-state index contributed by atoms with van der Waals surface area (Å²) in [5, 5.41) is 9.02. The van der Waals surface area contributed by atoms with E-state index in [1.54, 1.807) is 11.9 Å². The van der Waals surface area contributed by atoms with Crippen molar-refractivity contribution in [3.63, 3.8) is 0 Å². The van der Waals surface area contributed by atoms with E-state index in [-0.39, 0.29) is 11.8 Å². The lowest BCUT2D eigenvalue weighted by Crippen LogP contribution is -2.44. The summed E-state index contributed by atoms with van der Waals surface area (Å²) in [6.07, 6.45) is 1.27. The van der Waals surface area contributed by atoms with Crippen LogP contribution in [0.2, 0.25) is 0 Å². The molecule has 1 aliphatic carbocycles. The van der Waals surface area contributed by atoms with E-state index in [0.29, 0.717) is 26.0 Å². The van der Waals surface area contributed by atoms with Crippen molar-refractivity contribution in [2.45, 2.75) is 26.3 Å². The highest BCUT2D eigenvalue weighted by Gasteiger charge is 2.42. The first kappa shape index (κ1) is 15.4. The van der Waals surface area contributed by atoms with Crippen LogP contribution in [0.15, 0.2) is 24.3 Å². The third-order valence-electron chi connectivity index (χ3n) is 3.94. The van der Waals surface area contributed by atoms with Crippen LogP contribution in [0.5, 0.6) is 5.75 Å². The first-order valence-corrected chi connectivity index (χ1v) is 7.22. The lowest BCUT2D eigenvalue weighted by atomic mass is 9.73. The van der Waals surface area contributed by atoms with Gasteiger partial charge in [-0.15, -0.1) is 0 Å². The molecular formula is C16H21NO4. The van der Waals surface area contributed by atoms with Gasteiger partial charge in [-0.2, -0.15) is 0 Å². The van der Waals surface area contributed by atoms with Gasteiger partial charge in [0, 0.05) is 13.6 Å². The number of rotatable bonds is 6. The molecule has 0 bridgehead atoms. The standard InChI is InChI=1S/C16H21NO4/c1-3-21-12-6-4-11(5-7-12)10-17(2)15(18)13-8-9-14(13)16(19)20/h4-7,13-14H,3,8-10H2,1-2H3,(H,19,20). The summed E-state index contributed by atoms with van der Waals surface area (Å²) in [6.45, 7) is 3.03. The molecule has 0 aromatic heterocycles. The average Bonchev–Trinajstić information content (AvgIpc) is 2.39. The number of carboxylic acid groups (broad SMARTS) is 1. The minimum atomic E-state index is -0.867. The fourth-order valence-electron chi connectivity index (χ4n) is 2.58. The fraction of sp³-hybridized carbons (Fsp3) is 0.500. The van der Waals surface area contributed by atoms with Gasteiger partial charge in [-0.1, -0.05) is 12.1 Å². The van der Waals surface area contributed by atoms with Crippen molar-refractivity contribution in [1.29, 1.82) is 0 Å². The molecule has 1 amide bonds. The predicted octanol–water partition coefficient (Wildman–Crippen LogP) is 2.15. The number of ether oxygens (including phenoxy) is 1. The Balaban J connectivity index is 1.93. The van der Waals surface area contributed by atoms with Gasteiger partial charge >= 0.3 is 5.97 Å². The van der Waals surface area contributed by atoms with Gasteiger partial charge in [0.15, 0.2) is 0 Å². The third kappa shape index (κ3) is 3.54. The Hall–Kier alpha value is -2.04. The van der Waals surface area contributed by atoms with Gasteiger partial charge in [0.25, 0.3) is 0 Å². The molecule has 0 radical (unpaired) electrons. The van der Waals surface area contributed by atoms with E-state index in [1.807, 2.05) is 31.2 Å². The van der Waals surface area contributed by atoms with Crippen LogP contribution < -0.4 is 4.74 Å². The Morgan fingerprint density at radius 1 is 1.24 bits per heavy atom. The number of amides is 1. The summed E-state index contributed by atoms with van der Waals surface area (Å²) in [5.74, 6) is -1.02. The zero-order chi connectivity index (χ0) is 15.4. The maximum Gasteiger partial charge on any atom is 0.307 e. The first-order valence-electron chi connectivity index (χ1n) is 7.22. The molecule has 0 heterocycles. The quantitative estimate of drug-likeness (QED) is 0.872. The van der Waals surface area contributed by atoms with Crippen LogP contribution in [0.3, 0.4) is 0 Å². The number of carboxylic acids is 1. The van der Waals surface area contributed by atoms with Crippen molar-refractivity contribution in [1.82, 2.24) is 4.90 Å². The minimum Gasteiger partial charge on any atom is -0.494 e. The Labute approximate surface area is 124 Å². The highest BCUT2D eigenvalue weighted by molar-refractivity contribution is 5.86. The zero-order valence-electron chi connectivity index (χ0n) is 12.4. The van der Waals surface area contributed by atoms with Gasteiger partial charge in [-0.25, -0.2) is 0 Å². The summed E-state index contributed by atoms with van der Waals surface area (Å²) in [7, 11) is 1.72. The normalized spacial score (nSPS) is 20.5. The fourth-order valence-corrected chi connectivity index (χ4v) is 2.58. The van der Waals surface area contributed by atoms with Gasteiger partial charge in [-0.3, -0.25) is 9.59 Å². The van der Waals surface area contributed by atoms with Crippen LogP contribution >= 0.6 is 0 Å². The number of aliphatic carboxylic acids is 1. The van der Waals surface area contributed by atoms with Gasteiger partial charge < -0.3 is 14.7 Å². The summed E-state index contributed by atoms with van der Waals surface area (Å²) < 4.78 is 5.37. The Bertz CT molecular complexity index is 512. The van der Waals surface area contributed by atoms with Crippen LogP contribution in [0, 0.1) is 11.8 Å². The van der Waals surface area contributed by atoms with Gasteiger partial charge in [-0.05, 0) is 37.5 Å². The van der Waals surface area contributed by atoms with Crippen LogP contribution in [-0.2, 0) is 16.1 Å². The van der Waals surface area contributed by atoms with Crippen molar-refractivity contribution in [3.05, 3.63) is 29.8 Å². The molecule has 0 saturated heterocycles. The molecule has 1 aliphatic rings. The Kier molecular flexibility index (Phi) is 4.83.